The second kappa shape index (κ2) is 8.25. The standard InChI is InChI=1S/C22H21NO2/c1-2-25-22(24)16-20(17-10-4-3-5-11-17)18-12-6-7-13-19(18)21-14-8-9-15-23-21/h3-15,20H,2,16H2,1H3. The third kappa shape index (κ3) is 4.13. The van der Waals surface area contributed by atoms with Crippen LogP contribution in [0.4, 0.5) is 0 Å². The van der Waals surface area contributed by atoms with Crippen LogP contribution in [-0.4, -0.2) is 17.6 Å². The Hall–Kier alpha value is -2.94. The van der Waals surface area contributed by atoms with E-state index in [1.165, 1.54) is 0 Å². The minimum atomic E-state index is -0.188. The summed E-state index contributed by atoms with van der Waals surface area (Å²) in [6.07, 6.45) is 2.09. The second-order valence-electron chi connectivity index (χ2n) is 5.77. The van der Waals surface area contributed by atoms with Crippen LogP contribution in [0.25, 0.3) is 11.3 Å². The average molecular weight is 331 g/mol. The van der Waals surface area contributed by atoms with E-state index < -0.39 is 0 Å². The van der Waals surface area contributed by atoms with Crippen molar-refractivity contribution in [2.75, 3.05) is 6.61 Å². The van der Waals surface area contributed by atoms with Crippen molar-refractivity contribution >= 4 is 5.97 Å². The molecule has 0 spiro atoms. The van der Waals surface area contributed by atoms with Gasteiger partial charge in [0.1, 0.15) is 0 Å². The fourth-order valence-electron chi connectivity index (χ4n) is 3.04. The molecule has 0 fully saturated rings. The molecule has 3 rings (SSSR count). The van der Waals surface area contributed by atoms with Crippen LogP contribution in [-0.2, 0) is 9.53 Å². The highest BCUT2D eigenvalue weighted by atomic mass is 16.5. The number of carbonyl (C=O) groups excluding carboxylic acids is 1. The van der Waals surface area contributed by atoms with Gasteiger partial charge >= 0.3 is 5.97 Å². The molecule has 1 aromatic heterocycles. The fourth-order valence-corrected chi connectivity index (χ4v) is 3.04. The number of esters is 1. The first-order valence-corrected chi connectivity index (χ1v) is 8.50. The first-order valence-electron chi connectivity index (χ1n) is 8.50. The molecule has 3 nitrogen and oxygen atoms in total. The summed E-state index contributed by atoms with van der Waals surface area (Å²) in [5, 5.41) is 0. The van der Waals surface area contributed by atoms with Crippen molar-refractivity contribution in [3.8, 4) is 11.3 Å². The van der Waals surface area contributed by atoms with Crippen LogP contribution in [0.5, 0.6) is 0 Å². The molecule has 0 aliphatic heterocycles. The molecule has 3 heteroatoms. The third-order valence-electron chi connectivity index (χ3n) is 4.16. The predicted molar refractivity (Wildman–Crippen MR) is 99.2 cm³/mol. The number of benzene rings is 2. The van der Waals surface area contributed by atoms with Gasteiger partial charge in [0.15, 0.2) is 0 Å². The Morgan fingerprint density at radius 3 is 2.40 bits per heavy atom. The van der Waals surface area contributed by atoms with Crippen molar-refractivity contribution in [2.24, 2.45) is 0 Å². The molecule has 0 aliphatic carbocycles. The monoisotopic (exact) mass is 331 g/mol. The minimum absolute atomic E-state index is 0.0709. The summed E-state index contributed by atoms with van der Waals surface area (Å²) in [5.41, 5.74) is 4.13. The summed E-state index contributed by atoms with van der Waals surface area (Å²) in [6.45, 7) is 2.22. The molecule has 3 aromatic rings. The molecule has 0 N–H and O–H groups in total. The molecule has 25 heavy (non-hydrogen) atoms. The van der Waals surface area contributed by atoms with Crippen molar-refractivity contribution in [3.63, 3.8) is 0 Å². The number of hydrogen-bond acceptors (Lipinski definition) is 3. The number of rotatable bonds is 6. The predicted octanol–water partition coefficient (Wildman–Crippen LogP) is 4.83. The van der Waals surface area contributed by atoms with Crippen molar-refractivity contribution in [1.29, 1.82) is 0 Å². The fraction of sp³-hybridized carbons (Fsp3) is 0.182. The lowest BCUT2D eigenvalue weighted by atomic mass is 9.85. The van der Waals surface area contributed by atoms with Crippen LogP contribution < -0.4 is 0 Å². The van der Waals surface area contributed by atoms with Crippen LogP contribution in [0.1, 0.15) is 30.4 Å². The van der Waals surface area contributed by atoms with E-state index in [0.29, 0.717) is 13.0 Å². The number of nitrogens with zero attached hydrogens (tertiary/aromatic N) is 1. The topological polar surface area (TPSA) is 39.2 Å². The van der Waals surface area contributed by atoms with Crippen LogP contribution >= 0.6 is 0 Å². The highest BCUT2D eigenvalue weighted by Crippen LogP contribution is 2.35. The van der Waals surface area contributed by atoms with E-state index in [2.05, 4.69) is 29.2 Å². The molecule has 2 aromatic carbocycles. The molecule has 1 heterocycles. The van der Waals surface area contributed by atoms with Crippen LogP contribution in [0.2, 0.25) is 0 Å². The van der Waals surface area contributed by atoms with Gasteiger partial charge in [0.2, 0.25) is 0 Å². The molecule has 1 atom stereocenters. The Kier molecular flexibility index (Phi) is 5.57. The van der Waals surface area contributed by atoms with Gasteiger partial charge in [-0.25, -0.2) is 0 Å². The van der Waals surface area contributed by atoms with E-state index in [9.17, 15) is 4.79 Å². The lowest BCUT2D eigenvalue weighted by Crippen LogP contribution is -2.12. The third-order valence-corrected chi connectivity index (χ3v) is 4.16. The Balaban J connectivity index is 2.06. The largest absolute Gasteiger partial charge is 0.466 e. The normalized spacial score (nSPS) is 11.7. The van der Waals surface area contributed by atoms with Gasteiger partial charge in [-0.1, -0.05) is 60.7 Å². The molecule has 0 radical (unpaired) electrons. The minimum Gasteiger partial charge on any atom is -0.466 e. The van der Waals surface area contributed by atoms with Crippen molar-refractivity contribution in [3.05, 3.63) is 90.1 Å². The van der Waals surface area contributed by atoms with Gasteiger partial charge in [0, 0.05) is 17.7 Å². The molecule has 0 bridgehead atoms. The SMILES string of the molecule is CCOC(=O)CC(c1ccccc1)c1ccccc1-c1ccccn1. The number of ether oxygens (including phenoxy) is 1. The highest BCUT2D eigenvalue weighted by molar-refractivity contribution is 5.73. The Labute approximate surface area is 148 Å². The van der Waals surface area contributed by atoms with Gasteiger partial charge in [0.25, 0.3) is 0 Å². The van der Waals surface area contributed by atoms with E-state index in [1.807, 2.05) is 55.5 Å². The van der Waals surface area contributed by atoms with Gasteiger partial charge in [-0.2, -0.15) is 0 Å². The van der Waals surface area contributed by atoms with E-state index in [-0.39, 0.29) is 11.9 Å². The molecule has 0 aliphatic rings. The maximum Gasteiger partial charge on any atom is 0.306 e. The Bertz CT molecular complexity index is 816. The van der Waals surface area contributed by atoms with Crippen molar-refractivity contribution in [2.45, 2.75) is 19.3 Å². The Morgan fingerprint density at radius 1 is 0.960 bits per heavy atom. The lowest BCUT2D eigenvalue weighted by molar-refractivity contribution is -0.143. The summed E-state index contributed by atoms with van der Waals surface area (Å²) in [5.74, 6) is -0.259. The van der Waals surface area contributed by atoms with Gasteiger partial charge in [0.05, 0.1) is 18.7 Å². The van der Waals surface area contributed by atoms with Crippen molar-refractivity contribution < 1.29 is 9.53 Å². The van der Waals surface area contributed by atoms with Gasteiger partial charge in [-0.15, -0.1) is 0 Å². The van der Waals surface area contributed by atoms with Gasteiger partial charge in [-0.05, 0) is 30.2 Å². The summed E-state index contributed by atoms with van der Waals surface area (Å²) in [4.78, 5) is 16.7. The summed E-state index contributed by atoms with van der Waals surface area (Å²) in [7, 11) is 0. The maximum atomic E-state index is 12.2. The molecule has 126 valence electrons. The zero-order valence-electron chi connectivity index (χ0n) is 14.3. The quantitative estimate of drug-likeness (QED) is 0.607. The van der Waals surface area contributed by atoms with E-state index in [0.717, 1.165) is 22.4 Å². The first-order chi connectivity index (χ1) is 12.3. The zero-order chi connectivity index (χ0) is 17.5. The van der Waals surface area contributed by atoms with Gasteiger partial charge in [-0.3, -0.25) is 9.78 Å². The lowest BCUT2D eigenvalue weighted by Gasteiger charge is -2.20. The van der Waals surface area contributed by atoms with E-state index >= 15 is 0 Å². The number of pyridine rings is 1. The zero-order valence-corrected chi connectivity index (χ0v) is 14.3. The van der Waals surface area contributed by atoms with Crippen LogP contribution in [0, 0.1) is 0 Å². The van der Waals surface area contributed by atoms with Crippen molar-refractivity contribution in [1.82, 2.24) is 4.98 Å². The van der Waals surface area contributed by atoms with Crippen LogP contribution in [0.3, 0.4) is 0 Å². The molecule has 0 amide bonds. The summed E-state index contributed by atoms with van der Waals surface area (Å²) in [6, 6.07) is 24.1. The second-order valence-corrected chi connectivity index (χ2v) is 5.77. The molecule has 0 saturated heterocycles. The molecule has 0 saturated carbocycles. The van der Waals surface area contributed by atoms with Crippen LogP contribution in [0.15, 0.2) is 79.0 Å². The number of carbonyl (C=O) groups is 1. The highest BCUT2D eigenvalue weighted by Gasteiger charge is 2.22. The molecular weight excluding hydrogens is 310 g/mol. The smallest absolute Gasteiger partial charge is 0.306 e. The first kappa shape index (κ1) is 16.9. The maximum absolute atomic E-state index is 12.2. The number of hydrogen-bond donors (Lipinski definition) is 0. The number of aromatic nitrogens is 1. The molecule has 1 unspecified atom stereocenters. The molecular formula is C22H21NO2. The van der Waals surface area contributed by atoms with E-state index in [1.54, 1.807) is 6.20 Å². The summed E-state index contributed by atoms with van der Waals surface area (Å²) >= 11 is 0. The Morgan fingerprint density at radius 2 is 1.68 bits per heavy atom. The summed E-state index contributed by atoms with van der Waals surface area (Å²) < 4.78 is 5.21. The van der Waals surface area contributed by atoms with E-state index in [4.69, 9.17) is 4.74 Å². The van der Waals surface area contributed by atoms with Gasteiger partial charge < -0.3 is 4.74 Å². The average Bonchev–Trinajstić information content (AvgIpc) is 2.68.